The van der Waals surface area contributed by atoms with Gasteiger partial charge in [0.1, 0.15) is 5.75 Å². The van der Waals surface area contributed by atoms with Crippen molar-refractivity contribution in [3.63, 3.8) is 0 Å². The van der Waals surface area contributed by atoms with Crippen LogP contribution < -0.4 is 9.64 Å². The molecule has 2 aromatic carbocycles. The van der Waals surface area contributed by atoms with Crippen LogP contribution in [-0.4, -0.2) is 36.1 Å². The van der Waals surface area contributed by atoms with Crippen molar-refractivity contribution in [2.75, 3.05) is 24.3 Å². The Labute approximate surface area is 206 Å². The fourth-order valence-corrected chi connectivity index (χ4v) is 7.04. The first-order valence-corrected chi connectivity index (χ1v) is 13.3. The van der Waals surface area contributed by atoms with Gasteiger partial charge in [-0.2, -0.15) is 0 Å². The van der Waals surface area contributed by atoms with E-state index in [1.807, 2.05) is 28.0 Å². The normalized spacial score (nSPS) is 22.6. The number of fused-ring (bicyclic) bond motifs is 2. The third-order valence-corrected chi connectivity index (χ3v) is 8.95. The summed E-state index contributed by atoms with van der Waals surface area (Å²) in [6.07, 6.45) is 4.05. The van der Waals surface area contributed by atoms with Crippen LogP contribution in [0.2, 0.25) is 0 Å². The van der Waals surface area contributed by atoms with Crippen molar-refractivity contribution in [3.8, 4) is 5.75 Å². The van der Waals surface area contributed by atoms with Gasteiger partial charge in [-0.15, -0.1) is 11.8 Å². The van der Waals surface area contributed by atoms with E-state index in [1.54, 1.807) is 18.9 Å². The Morgan fingerprint density at radius 2 is 1.82 bits per heavy atom. The minimum absolute atomic E-state index is 0.00972. The zero-order valence-corrected chi connectivity index (χ0v) is 21.4. The molecule has 5 nitrogen and oxygen atoms in total. The molecule has 2 heterocycles. The van der Waals surface area contributed by atoms with Crippen molar-refractivity contribution in [1.82, 2.24) is 4.90 Å². The summed E-state index contributed by atoms with van der Waals surface area (Å²) in [5.74, 6) is 1.64. The van der Waals surface area contributed by atoms with Crippen LogP contribution in [-0.2, 0) is 26.4 Å². The van der Waals surface area contributed by atoms with Gasteiger partial charge in [-0.25, -0.2) is 0 Å². The lowest BCUT2D eigenvalue weighted by atomic mass is 9.87. The summed E-state index contributed by atoms with van der Waals surface area (Å²) in [4.78, 5) is 30.6. The number of carbonyl (C=O) groups excluding carboxylic acids is 2. The van der Waals surface area contributed by atoms with Gasteiger partial charge in [0, 0.05) is 23.8 Å². The first-order valence-electron chi connectivity index (χ1n) is 12.3. The lowest BCUT2D eigenvalue weighted by molar-refractivity contribution is -0.143. The van der Waals surface area contributed by atoms with Gasteiger partial charge in [-0.05, 0) is 47.6 Å². The van der Waals surface area contributed by atoms with E-state index in [2.05, 4.69) is 45.0 Å². The number of ether oxygens (including phenoxy) is 1. The topological polar surface area (TPSA) is 49.9 Å². The van der Waals surface area contributed by atoms with E-state index in [0.29, 0.717) is 18.8 Å². The van der Waals surface area contributed by atoms with E-state index in [9.17, 15) is 9.59 Å². The molecule has 2 amide bonds. The molecule has 2 aromatic rings. The molecular formula is C28H34N2O3S. The van der Waals surface area contributed by atoms with Crippen molar-refractivity contribution >= 4 is 29.3 Å². The van der Waals surface area contributed by atoms with Crippen molar-refractivity contribution in [1.29, 1.82) is 0 Å². The van der Waals surface area contributed by atoms with Crippen LogP contribution in [0.4, 0.5) is 5.69 Å². The predicted octanol–water partition coefficient (Wildman–Crippen LogP) is 5.46. The molecule has 0 bridgehead atoms. The van der Waals surface area contributed by atoms with Gasteiger partial charge in [0.05, 0.1) is 19.3 Å². The van der Waals surface area contributed by atoms with Crippen molar-refractivity contribution in [2.24, 2.45) is 5.92 Å². The lowest BCUT2D eigenvalue weighted by Crippen LogP contribution is -2.51. The van der Waals surface area contributed by atoms with Gasteiger partial charge in [0.2, 0.25) is 5.91 Å². The maximum atomic E-state index is 14.2. The zero-order chi connectivity index (χ0) is 24.1. The van der Waals surface area contributed by atoms with Crippen LogP contribution in [0.1, 0.15) is 63.1 Å². The quantitative estimate of drug-likeness (QED) is 0.586. The number of hydrogen-bond acceptors (Lipinski definition) is 4. The Balaban J connectivity index is 1.53. The summed E-state index contributed by atoms with van der Waals surface area (Å²) in [6, 6.07) is 14.4. The third-order valence-electron chi connectivity index (χ3n) is 7.53. The van der Waals surface area contributed by atoms with E-state index >= 15 is 0 Å². The molecule has 5 rings (SSSR count). The highest BCUT2D eigenvalue weighted by molar-refractivity contribution is 8.01. The predicted molar refractivity (Wildman–Crippen MR) is 137 cm³/mol. The van der Waals surface area contributed by atoms with E-state index in [4.69, 9.17) is 4.74 Å². The van der Waals surface area contributed by atoms with Crippen LogP contribution in [0.5, 0.6) is 5.75 Å². The van der Waals surface area contributed by atoms with Crippen LogP contribution in [0.3, 0.4) is 0 Å². The van der Waals surface area contributed by atoms with Crippen molar-refractivity contribution in [2.45, 2.75) is 63.3 Å². The van der Waals surface area contributed by atoms with E-state index < -0.39 is 4.87 Å². The standard InChI is InChI=1S/C28H34N2O3S/c1-27(2,3)21-11-9-19(10-12-21)18-29-24-14-13-22(33-4)17-23(24)28(26(29)32)30(15-16-34-28)25(31)20-7-5-6-8-20/h9-14,17,20H,5-8,15-16,18H2,1-4H3/t28-/m1/s1. The first-order chi connectivity index (χ1) is 16.3. The van der Waals surface area contributed by atoms with Gasteiger partial charge in [0.25, 0.3) is 5.91 Å². The Morgan fingerprint density at radius 3 is 2.47 bits per heavy atom. The summed E-state index contributed by atoms with van der Waals surface area (Å²) < 4.78 is 5.53. The number of thioether (sulfide) groups is 1. The molecule has 1 saturated carbocycles. The molecule has 34 heavy (non-hydrogen) atoms. The molecule has 2 fully saturated rings. The number of amides is 2. The lowest BCUT2D eigenvalue weighted by Gasteiger charge is -2.35. The largest absolute Gasteiger partial charge is 0.497 e. The zero-order valence-electron chi connectivity index (χ0n) is 20.6. The number of rotatable bonds is 4. The summed E-state index contributed by atoms with van der Waals surface area (Å²) in [6.45, 7) is 7.69. The monoisotopic (exact) mass is 478 g/mol. The second-order valence-corrected chi connectivity index (χ2v) is 12.0. The minimum Gasteiger partial charge on any atom is -0.497 e. The summed E-state index contributed by atoms with van der Waals surface area (Å²) in [5, 5.41) is 0. The van der Waals surface area contributed by atoms with Crippen molar-refractivity contribution in [3.05, 3.63) is 59.2 Å². The third kappa shape index (κ3) is 3.71. The number of benzene rings is 2. The Hall–Kier alpha value is -2.47. The second kappa shape index (κ2) is 8.63. The highest BCUT2D eigenvalue weighted by Gasteiger charge is 2.60. The maximum absolute atomic E-state index is 14.2. The molecule has 6 heteroatoms. The second-order valence-electron chi connectivity index (χ2n) is 10.7. The fourth-order valence-electron chi connectivity index (χ4n) is 5.59. The smallest absolute Gasteiger partial charge is 0.268 e. The van der Waals surface area contributed by atoms with Crippen molar-refractivity contribution < 1.29 is 14.3 Å². The van der Waals surface area contributed by atoms with Crippen LogP contribution >= 0.6 is 11.8 Å². The Kier molecular flexibility index (Phi) is 5.91. The number of carbonyl (C=O) groups is 2. The summed E-state index contributed by atoms with van der Waals surface area (Å²) in [7, 11) is 1.64. The minimum atomic E-state index is -0.991. The maximum Gasteiger partial charge on any atom is 0.268 e. The molecule has 1 saturated heterocycles. The highest BCUT2D eigenvalue weighted by atomic mass is 32.2. The van der Waals surface area contributed by atoms with Gasteiger partial charge in [0.15, 0.2) is 4.87 Å². The van der Waals surface area contributed by atoms with Gasteiger partial charge < -0.3 is 14.5 Å². The molecule has 1 atom stereocenters. The average molecular weight is 479 g/mol. The molecule has 1 aliphatic carbocycles. The molecule has 2 aliphatic heterocycles. The fraction of sp³-hybridized carbons (Fsp3) is 0.500. The molecule has 180 valence electrons. The summed E-state index contributed by atoms with van der Waals surface area (Å²) >= 11 is 1.60. The van der Waals surface area contributed by atoms with Gasteiger partial charge in [-0.3, -0.25) is 9.59 Å². The van der Waals surface area contributed by atoms with E-state index in [-0.39, 0.29) is 23.1 Å². The molecule has 0 N–H and O–H groups in total. The van der Waals surface area contributed by atoms with Crippen LogP contribution in [0.15, 0.2) is 42.5 Å². The average Bonchev–Trinajstić information content (AvgIpc) is 3.56. The highest BCUT2D eigenvalue weighted by Crippen LogP contribution is 2.56. The Bertz CT molecular complexity index is 1100. The van der Waals surface area contributed by atoms with Crippen LogP contribution in [0, 0.1) is 5.92 Å². The molecule has 0 unspecified atom stereocenters. The summed E-state index contributed by atoms with van der Waals surface area (Å²) in [5.41, 5.74) is 4.19. The first kappa shape index (κ1) is 23.3. The van der Waals surface area contributed by atoms with Gasteiger partial charge in [-0.1, -0.05) is 57.9 Å². The SMILES string of the molecule is COc1ccc2c(c1)[C@@]1(SCCN1C(=O)C1CCCC1)C(=O)N2Cc1ccc(C(C)(C)C)cc1. The van der Waals surface area contributed by atoms with E-state index in [0.717, 1.165) is 48.3 Å². The number of methoxy groups -OCH3 is 1. The van der Waals surface area contributed by atoms with Gasteiger partial charge >= 0.3 is 0 Å². The molecular weight excluding hydrogens is 444 g/mol. The number of anilines is 1. The molecule has 1 spiro atoms. The van der Waals surface area contributed by atoms with E-state index in [1.165, 1.54) is 5.56 Å². The molecule has 0 aromatic heterocycles. The number of nitrogens with zero attached hydrogens (tertiary/aromatic N) is 2. The molecule has 3 aliphatic rings. The Morgan fingerprint density at radius 1 is 1.12 bits per heavy atom. The van der Waals surface area contributed by atoms with Crippen LogP contribution in [0.25, 0.3) is 0 Å². The number of hydrogen-bond donors (Lipinski definition) is 0. The molecule has 0 radical (unpaired) electrons.